The van der Waals surface area contributed by atoms with Crippen molar-refractivity contribution in [3.05, 3.63) is 96.0 Å². The molecule has 12 heteroatoms. The third-order valence-corrected chi connectivity index (χ3v) is 6.61. The van der Waals surface area contributed by atoms with Crippen molar-refractivity contribution in [1.29, 1.82) is 0 Å². The molecule has 0 atom stereocenters. The molecule has 1 heterocycles. The molecule has 0 unspecified atom stereocenters. The van der Waals surface area contributed by atoms with Crippen molar-refractivity contribution in [3.63, 3.8) is 0 Å². The van der Waals surface area contributed by atoms with Gasteiger partial charge in [0.15, 0.2) is 0 Å². The van der Waals surface area contributed by atoms with Crippen LogP contribution >= 0.6 is 69.6 Å². The fourth-order valence-electron chi connectivity index (χ4n) is 3.19. The van der Waals surface area contributed by atoms with E-state index in [-0.39, 0.29) is 31.5 Å². The number of benzene rings is 3. The van der Waals surface area contributed by atoms with Gasteiger partial charge in [-0.05, 0) is 54.6 Å². The molecule has 0 fully saturated rings. The van der Waals surface area contributed by atoms with Crippen molar-refractivity contribution in [2.45, 2.75) is 0 Å². The molecular formula is C23H11Cl6N3O3. The second-order valence-electron chi connectivity index (χ2n) is 7.17. The van der Waals surface area contributed by atoms with Crippen LogP contribution in [-0.4, -0.2) is 17.7 Å². The van der Waals surface area contributed by atoms with E-state index in [4.69, 9.17) is 69.6 Å². The maximum Gasteiger partial charge on any atom is 0.283 e. The maximum atomic E-state index is 13.0. The molecule has 3 aromatic rings. The maximum absolute atomic E-state index is 13.0. The van der Waals surface area contributed by atoms with Crippen molar-refractivity contribution in [2.75, 3.05) is 15.5 Å². The van der Waals surface area contributed by atoms with Crippen molar-refractivity contribution in [2.24, 2.45) is 0 Å². The molecule has 0 aromatic heterocycles. The van der Waals surface area contributed by atoms with E-state index in [0.29, 0.717) is 27.0 Å². The van der Waals surface area contributed by atoms with E-state index >= 15 is 0 Å². The molecule has 3 aromatic carbocycles. The largest absolute Gasteiger partial charge is 0.350 e. The van der Waals surface area contributed by atoms with Crippen LogP contribution in [0.5, 0.6) is 0 Å². The first-order valence-electron chi connectivity index (χ1n) is 9.63. The van der Waals surface area contributed by atoms with Crippen LogP contribution < -0.4 is 15.5 Å². The molecule has 0 saturated carbocycles. The van der Waals surface area contributed by atoms with E-state index in [9.17, 15) is 14.4 Å². The highest BCUT2D eigenvalue weighted by atomic mass is 35.5. The minimum atomic E-state index is -0.782. The molecule has 6 nitrogen and oxygen atoms in total. The number of hydrogen-bond acceptors (Lipinski definition) is 4. The van der Waals surface area contributed by atoms with Gasteiger partial charge in [0.25, 0.3) is 17.7 Å². The highest BCUT2D eigenvalue weighted by molar-refractivity contribution is 6.54. The first-order valence-corrected chi connectivity index (χ1v) is 11.9. The topological polar surface area (TPSA) is 78.5 Å². The Kier molecular flexibility index (Phi) is 7.52. The van der Waals surface area contributed by atoms with E-state index in [1.807, 2.05) is 0 Å². The number of hydrogen-bond donors (Lipinski definition) is 2. The summed E-state index contributed by atoms with van der Waals surface area (Å²) in [7, 11) is 0. The van der Waals surface area contributed by atoms with Gasteiger partial charge >= 0.3 is 0 Å². The van der Waals surface area contributed by atoms with E-state index in [1.54, 1.807) is 30.3 Å². The van der Waals surface area contributed by atoms with Crippen LogP contribution in [0.1, 0.15) is 10.4 Å². The van der Waals surface area contributed by atoms with E-state index in [1.165, 1.54) is 24.3 Å². The Morgan fingerprint density at radius 1 is 0.686 bits per heavy atom. The number of halogens is 6. The molecule has 0 saturated heterocycles. The summed E-state index contributed by atoms with van der Waals surface area (Å²) in [6, 6.07) is 13.4. The van der Waals surface area contributed by atoms with Gasteiger partial charge in [0.1, 0.15) is 10.7 Å². The Balaban J connectivity index is 1.51. The molecule has 2 N–H and O–H groups in total. The normalized spacial score (nSPS) is 13.5. The number of imide groups is 1. The van der Waals surface area contributed by atoms with E-state index < -0.39 is 17.7 Å². The third-order valence-electron chi connectivity index (χ3n) is 4.79. The van der Waals surface area contributed by atoms with Gasteiger partial charge in [0.05, 0.1) is 20.8 Å². The fourth-order valence-corrected chi connectivity index (χ4v) is 4.56. The lowest BCUT2D eigenvalue weighted by molar-refractivity contribution is -0.120. The first-order chi connectivity index (χ1) is 16.5. The summed E-state index contributed by atoms with van der Waals surface area (Å²) in [5, 5.41) is 6.25. The van der Waals surface area contributed by atoms with Gasteiger partial charge in [-0.2, -0.15) is 0 Å². The lowest BCUT2D eigenvalue weighted by Crippen LogP contribution is -2.32. The monoisotopic (exact) mass is 587 g/mol. The molecular weight excluding hydrogens is 579 g/mol. The second-order valence-corrected chi connectivity index (χ2v) is 9.64. The minimum absolute atomic E-state index is 0.0409. The van der Waals surface area contributed by atoms with Gasteiger partial charge in [0, 0.05) is 27.0 Å². The Morgan fingerprint density at radius 3 is 1.91 bits per heavy atom. The number of rotatable bonds is 5. The number of amides is 3. The molecule has 1 aliphatic rings. The number of carbonyl (C=O) groups is 3. The first kappa shape index (κ1) is 25.6. The Morgan fingerprint density at radius 2 is 1.29 bits per heavy atom. The van der Waals surface area contributed by atoms with E-state index in [2.05, 4.69) is 10.6 Å². The number of carbonyl (C=O) groups excluding carboxylic acids is 3. The summed E-state index contributed by atoms with van der Waals surface area (Å²) in [5.74, 6) is -1.92. The van der Waals surface area contributed by atoms with Crippen LogP contribution in [0.2, 0.25) is 25.1 Å². The molecule has 1 aliphatic heterocycles. The zero-order valence-electron chi connectivity index (χ0n) is 17.1. The van der Waals surface area contributed by atoms with E-state index in [0.717, 1.165) is 4.90 Å². The highest BCUT2D eigenvalue weighted by Gasteiger charge is 2.40. The standard InChI is InChI=1S/C23H11Cl6N3O3/c24-11-5-12(25)7-14(6-11)31-21(33)10-1-3-13(4-2-10)30-20-19(29)22(34)32(23(20)35)18-9-16(27)15(26)8-17(18)28/h1-9,30H,(H,31,33). The molecule has 4 rings (SSSR count). The molecule has 178 valence electrons. The Hall–Kier alpha value is -2.45. The van der Waals surface area contributed by atoms with Crippen LogP contribution in [0, 0.1) is 0 Å². The van der Waals surface area contributed by atoms with Gasteiger partial charge in [-0.15, -0.1) is 0 Å². The quantitative estimate of drug-likeness (QED) is 0.237. The zero-order valence-corrected chi connectivity index (χ0v) is 21.7. The van der Waals surface area contributed by atoms with Crippen LogP contribution in [0.15, 0.2) is 65.3 Å². The number of nitrogens with zero attached hydrogens (tertiary/aromatic N) is 1. The minimum Gasteiger partial charge on any atom is -0.350 e. The summed E-state index contributed by atoms with van der Waals surface area (Å²) < 4.78 is 0. The number of anilines is 3. The summed E-state index contributed by atoms with van der Waals surface area (Å²) in [6.45, 7) is 0. The highest BCUT2D eigenvalue weighted by Crippen LogP contribution is 2.38. The average molecular weight is 590 g/mol. The molecule has 35 heavy (non-hydrogen) atoms. The summed E-state index contributed by atoms with van der Waals surface area (Å²) in [5.41, 5.74) is 1.04. The molecule has 0 aliphatic carbocycles. The average Bonchev–Trinajstić information content (AvgIpc) is 2.99. The van der Waals surface area contributed by atoms with Crippen molar-refractivity contribution >= 4 is 104 Å². The lowest BCUT2D eigenvalue weighted by Gasteiger charge is -2.17. The van der Waals surface area contributed by atoms with Crippen LogP contribution in [0.4, 0.5) is 17.1 Å². The summed E-state index contributed by atoms with van der Waals surface area (Å²) in [4.78, 5) is 39.0. The van der Waals surface area contributed by atoms with Gasteiger partial charge in [-0.3, -0.25) is 14.4 Å². The Labute approximate surface area is 229 Å². The van der Waals surface area contributed by atoms with Crippen molar-refractivity contribution in [3.8, 4) is 0 Å². The molecule has 0 bridgehead atoms. The fraction of sp³-hybridized carbons (Fsp3) is 0. The molecule has 0 radical (unpaired) electrons. The summed E-state index contributed by atoms with van der Waals surface area (Å²) in [6.07, 6.45) is 0. The SMILES string of the molecule is O=C(Nc1cc(Cl)cc(Cl)c1)c1ccc(NC2=C(Cl)C(=O)N(c3cc(Cl)c(Cl)cc3Cl)C2=O)cc1. The predicted molar refractivity (Wildman–Crippen MR) is 141 cm³/mol. The summed E-state index contributed by atoms with van der Waals surface area (Å²) >= 11 is 36.2. The van der Waals surface area contributed by atoms with Crippen molar-refractivity contribution in [1.82, 2.24) is 0 Å². The van der Waals surface area contributed by atoms with Crippen LogP contribution in [0.25, 0.3) is 0 Å². The smallest absolute Gasteiger partial charge is 0.283 e. The van der Waals surface area contributed by atoms with Crippen LogP contribution in [0.3, 0.4) is 0 Å². The van der Waals surface area contributed by atoms with Gasteiger partial charge in [0.2, 0.25) is 0 Å². The van der Waals surface area contributed by atoms with Gasteiger partial charge < -0.3 is 10.6 Å². The molecule has 3 amide bonds. The van der Waals surface area contributed by atoms with Gasteiger partial charge in [-0.1, -0.05) is 69.6 Å². The lowest BCUT2D eigenvalue weighted by atomic mass is 10.2. The second kappa shape index (κ2) is 10.3. The number of nitrogens with one attached hydrogen (secondary N) is 2. The third kappa shape index (κ3) is 5.38. The van der Waals surface area contributed by atoms with Gasteiger partial charge in [-0.25, -0.2) is 4.90 Å². The predicted octanol–water partition coefficient (Wildman–Crippen LogP) is 7.64. The Bertz CT molecular complexity index is 1400. The van der Waals surface area contributed by atoms with Crippen LogP contribution in [-0.2, 0) is 9.59 Å². The van der Waals surface area contributed by atoms with Crippen molar-refractivity contribution < 1.29 is 14.4 Å². The zero-order chi connectivity index (χ0) is 25.4. The molecule has 0 spiro atoms.